The summed E-state index contributed by atoms with van der Waals surface area (Å²) in [6.45, 7) is 6.06. The number of carbonyl (C=O) groups excluding carboxylic acids is 1. The normalized spacial score (nSPS) is 17.7. The minimum atomic E-state index is -0.0693. The molecule has 2 aromatic rings. The van der Waals surface area contributed by atoms with Crippen molar-refractivity contribution in [1.29, 1.82) is 0 Å². The van der Waals surface area contributed by atoms with E-state index in [-0.39, 0.29) is 5.91 Å². The fraction of sp³-hybridized carbons (Fsp3) is 0.500. The largest absolute Gasteiger partial charge is 0.447 e. The van der Waals surface area contributed by atoms with Crippen LogP contribution in [0.5, 0.6) is 0 Å². The lowest BCUT2D eigenvalue weighted by atomic mass is 10.1. The highest BCUT2D eigenvalue weighted by Gasteiger charge is 2.31. The lowest BCUT2D eigenvalue weighted by Crippen LogP contribution is -2.40. The molecule has 0 radical (unpaired) electrons. The molecule has 0 atom stereocenters. The summed E-state index contributed by atoms with van der Waals surface area (Å²) in [5.41, 5.74) is 3.03. The first-order valence-electron chi connectivity index (χ1n) is 9.30. The molecular weight excluding hydrogens is 330 g/mol. The van der Waals surface area contributed by atoms with Gasteiger partial charge in [0.25, 0.3) is 5.91 Å². The summed E-state index contributed by atoms with van der Waals surface area (Å²) in [7, 11) is 0. The Labute approximate surface area is 153 Å². The van der Waals surface area contributed by atoms with Crippen LogP contribution in [0.25, 0.3) is 0 Å². The highest BCUT2D eigenvalue weighted by molar-refractivity contribution is 5.92. The number of hydrogen-bond acceptors (Lipinski definition) is 5. The molecular formula is C20H25N3O3. The number of hydrogen-bond donors (Lipinski definition) is 0. The minimum Gasteiger partial charge on any atom is -0.447 e. The second kappa shape index (κ2) is 7.60. The van der Waals surface area contributed by atoms with E-state index >= 15 is 0 Å². The second-order valence-corrected chi connectivity index (χ2v) is 7.09. The molecule has 0 N–H and O–H groups in total. The first-order chi connectivity index (χ1) is 12.7. The second-order valence-electron chi connectivity index (χ2n) is 7.09. The van der Waals surface area contributed by atoms with Crippen molar-refractivity contribution in [2.45, 2.75) is 38.9 Å². The van der Waals surface area contributed by atoms with Gasteiger partial charge in [0.15, 0.2) is 5.69 Å². The third-order valence-electron chi connectivity index (χ3n) is 5.11. The standard InChI is InChI=1S/C20H25N3O3/c1-15-4-2-3-5-16(15)12-23(17-6-7-17)13-19-21-18(14-26-19)20(24)22-8-10-25-11-9-22/h2-5,14,17H,6-13H2,1H3. The number of rotatable bonds is 6. The fourth-order valence-electron chi connectivity index (χ4n) is 3.34. The van der Waals surface area contributed by atoms with Gasteiger partial charge in [-0.2, -0.15) is 0 Å². The summed E-state index contributed by atoms with van der Waals surface area (Å²) in [5, 5.41) is 0. The zero-order valence-corrected chi connectivity index (χ0v) is 15.2. The lowest BCUT2D eigenvalue weighted by Gasteiger charge is -2.25. The minimum absolute atomic E-state index is 0.0693. The van der Waals surface area contributed by atoms with Crippen LogP contribution in [0.15, 0.2) is 34.9 Å². The molecule has 1 aromatic heterocycles. The highest BCUT2D eigenvalue weighted by atomic mass is 16.5. The summed E-state index contributed by atoms with van der Waals surface area (Å²) in [6.07, 6.45) is 3.92. The molecule has 1 aliphatic carbocycles. The summed E-state index contributed by atoms with van der Waals surface area (Å²) < 4.78 is 10.9. The smallest absolute Gasteiger partial charge is 0.275 e. The lowest BCUT2D eigenvalue weighted by molar-refractivity contribution is 0.0299. The van der Waals surface area contributed by atoms with E-state index in [0.29, 0.717) is 50.5 Å². The van der Waals surface area contributed by atoms with Crippen LogP contribution in [-0.2, 0) is 17.8 Å². The number of ether oxygens (including phenoxy) is 1. The average molecular weight is 355 g/mol. The van der Waals surface area contributed by atoms with Gasteiger partial charge in [0.2, 0.25) is 5.89 Å². The zero-order chi connectivity index (χ0) is 17.9. The van der Waals surface area contributed by atoms with E-state index in [4.69, 9.17) is 9.15 Å². The number of amides is 1. The Balaban J connectivity index is 1.43. The number of nitrogens with zero attached hydrogens (tertiary/aromatic N) is 3. The van der Waals surface area contributed by atoms with Crippen LogP contribution < -0.4 is 0 Å². The van der Waals surface area contributed by atoms with Crippen molar-refractivity contribution >= 4 is 5.91 Å². The number of aryl methyl sites for hydroxylation is 1. The average Bonchev–Trinajstić information content (AvgIpc) is 3.42. The van der Waals surface area contributed by atoms with Gasteiger partial charge in [-0.25, -0.2) is 4.98 Å². The van der Waals surface area contributed by atoms with E-state index < -0.39 is 0 Å². The van der Waals surface area contributed by atoms with E-state index in [0.717, 1.165) is 6.54 Å². The molecule has 2 aliphatic rings. The quantitative estimate of drug-likeness (QED) is 0.797. The number of oxazole rings is 1. The number of morpholine rings is 1. The summed E-state index contributed by atoms with van der Waals surface area (Å²) in [5.74, 6) is 0.544. The van der Waals surface area contributed by atoms with Crippen molar-refractivity contribution in [2.24, 2.45) is 0 Å². The number of carbonyl (C=O) groups is 1. The number of aromatic nitrogens is 1. The molecule has 26 heavy (non-hydrogen) atoms. The first-order valence-corrected chi connectivity index (χ1v) is 9.30. The predicted octanol–water partition coefficient (Wildman–Crippen LogP) is 2.62. The summed E-state index contributed by atoms with van der Waals surface area (Å²) in [4.78, 5) is 21.1. The molecule has 2 heterocycles. The maximum absolute atomic E-state index is 12.5. The van der Waals surface area contributed by atoms with Gasteiger partial charge >= 0.3 is 0 Å². The SMILES string of the molecule is Cc1ccccc1CN(Cc1nc(C(=O)N2CCOCC2)co1)C1CC1. The molecule has 1 saturated heterocycles. The zero-order valence-electron chi connectivity index (χ0n) is 15.2. The van der Waals surface area contributed by atoms with Gasteiger partial charge < -0.3 is 14.1 Å². The van der Waals surface area contributed by atoms with Crippen LogP contribution in [0.2, 0.25) is 0 Å². The first kappa shape index (κ1) is 17.2. The van der Waals surface area contributed by atoms with Crippen molar-refractivity contribution in [1.82, 2.24) is 14.8 Å². The monoisotopic (exact) mass is 355 g/mol. The Morgan fingerprint density at radius 3 is 2.73 bits per heavy atom. The maximum atomic E-state index is 12.5. The van der Waals surface area contributed by atoms with Crippen LogP contribution in [0.3, 0.4) is 0 Å². The van der Waals surface area contributed by atoms with Gasteiger partial charge in [-0.05, 0) is 30.9 Å². The molecule has 1 aromatic carbocycles. The van der Waals surface area contributed by atoms with E-state index in [2.05, 4.69) is 41.1 Å². The highest BCUT2D eigenvalue weighted by Crippen LogP contribution is 2.30. The molecule has 0 unspecified atom stereocenters. The van der Waals surface area contributed by atoms with Crippen LogP contribution in [-0.4, -0.2) is 53.0 Å². The van der Waals surface area contributed by atoms with E-state index in [9.17, 15) is 4.79 Å². The van der Waals surface area contributed by atoms with Crippen molar-refractivity contribution in [2.75, 3.05) is 26.3 Å². The molecule has 138 valence electrons. The molecule has 4 rings (SSSR count). The number of benzene rings is 1. The van der Waals surface area contributed by atoms with Gasteiger partial charge in [0, 0.05) is 25.7 Å². The molecule has 6 heteroatoms. The Morgan fingerprint density at radius 1 is 1.23 bits per heavy atom. The van der Waals surface area contributed by atoms with Gasteiger partial charge in [-0.1, -0.05) is 24.3 Å². The van der Waals surface area contributed by atoms with Gasteiger partial charge in [-0.3, -0.25) is 9.69 Å². The Kier molecular flexibility index (Phi) is 5.04. The Morgan fingerprint density at radius 2 is 2.00 bits per heavy atom. The van der Waals surface area contributed by atoms with Crippen LogP contribution >= 0.6 is 0 Å². The molecule has 6 nitrogen and oxygen atoms in total. The van der Waals surface area contributed by atoms with Gasteiger partial charge in [0.1, 0.15) is 6.26 Å². The third-order valence-corrected chi connectivity index (χ3v) is 5.11. The van der Waals surface area contributed by atoms with Crippen molar-refractivity contribution in [3.8, 4) is 0 Å². The van der Waals surface area contributed by atoms with Gasteiger partial charge in [-0.15, -0.1) is 0 Å². The molecule has 1 amide bonds. The van der Waals surface area contributed by atoms with E-state index in [1.165, 1.54) is 30.2 Å². The van der Waals surface area contributed by atoms with Crippen LogP contribution in [0.4, 0.5) is 0 Å². The summed E-state index contributed by atoms with van der Waals surface area (Å²) in [6, 6.07) is 9.05. The molecule has 0 spiro atoms. The Hall–Kier alpha value is -2.18. The summed E-state index contributed by atoms with van der Waals surface area (Å²) >= 11 is 0. The topological polar surface area (TPSA) is 58.8 Å². The van der Waals surface area contributed by atoms with Crippen LogP contribution in [0.1, 0.15) is 40.3 Å². The van der Waals surface area contributed by atoms with Crippen molar-refractivity contribution in [3.63, 3.8) is 0 Å². The predicted molar refractivity (Wildman–Crippen MR) is 96.7 cm³/mol. The van der Waals surface area contributed by atoms with Crippen LogP contribution in [0, 0.1) is 6.92 Å². The van der Waals surface area contributed by atoms with Gasteiger partial charge in [0.05, 0.1) is 19.8 Å². The van der Waals surface area contributed by atoms with Crippen molar-refractivity contribution in [3.05, 3.63) is 53.2 Å². The Bertz CT molecular complexity index is 763. The maximum Gasteiger partial charge on any atom is 0.275 e. The molecule has 2 fully saturated rings. The molecule has 1 saturated carbocycles. The van der Waals surface area contributed by atoms with Crippen molar-refractivity contribution < 1.29 is 13.9 Å². The third kappa shape index (κ3) is 3.97. The van der Waals surface area contributed by atoms with E-state index in [1.807, 2.05) is 0 Å². The fourth-order valence-corrected chi connectivity index (χ4v) is 3.34. The molecule has 0 bridgehead atoms. The van der Waals surface area contributed by atoms with E-state index in [1.54, 1.807) is 4.90 Å². The molecule has 1 aliphatic heterocycles.